The molecule has 1 aliphatic heterocycles. The molecule has 0 bridgehead atoms. The fourth-order valence-electron chi connectivity index (χ4n) is 2.02. The van der Waals surface area contributed by atoms with E-state index in [0.717, 1.165) is 18.5 Å². The standard InChI is InChI=1S/C13H15ClN2O/c1-9(14)8-16-13(17)12-11-5-3-2-4-10(11)6-7-15-12/h2-5,12,15H,1,6-8H2,(H,16,17). The second-order valence-electron chi connectivity index (χ2n) is 4.07. The van der Waals surface area contributed by atoms with Crippen LogP contribution in [-0.4, -0.2) is 19.0 Å². The van der Waals surface area contributed by atoms with Crippen molar-refractivity contribution in [1.29, 1.82) is 0 Å². The number of nitrogens with one attached hydrogen (secondary N) is 2. The highest BCUT2D eigenvalue weighted by atomic mass is 35.5. The number of fused-ring (bicyclic) bond motifs is 1. The first kappa shape index (κ1) is 12.1. The van der Waals surface area contributed by atoms with Gasteiger partial charge in [-0.05, 0) is 17.5 Å². The Morgan fingerprint density at radius 1 is 1.53 bits per heavy atom. The van der Waals surface area contributed by atoms with Gasteiger partial charge in [-0.15, -0.1) is 0 Å². The molecule has 0 aromatic heterocycles. The maximum Gasteiger partial charge on any atom is 0.242 e. The molecule has 1 atom stereocenters. The molecule has 1 aliphatic rings. The van der Waals surface area contributed by atoms with Crippen LogP contribution in [-0.2, 0) is 11.2 Å². The van der Waals surface area contributed by atoms with Crippen molar-refractivity contribution >= 4 is 17.5 Å². The zero-order valence-electron chi connectivity index (χ0n) is 9.50. The van der Waals surface area contributed by atoms with Crippen LogP contribution in [0.3, 0.4) is 0 Å². The highest BCUT2D eigenvalue weighted by Crippen LogP contribution is 2.22. The van der Waals surface area contributed by atoms with E-state index in [9.17, 15) is 4.79 Å². The summed E-state index contributed by atoms with van der Waals surface area (Å²) < 4.78 is 0. The van der Waals surface area contributed by atoms with Crippen molar-refractivity contribution in [1.82, 2.24) is 10.6 Å². The summed E-state index contributed by atoms with van der Waals surface area (Å²) in [6.07, 6.45) is 0.960. The Balaban J connectivity index is 2.12. The summed E-state index contributed by atoms with van der Waals surface area (Å²) >= 11 is 5.63. The molecular formula is C13H15ClN2O. The Kier molecular flexibility index (Phi) is 3.82. The van der Waals surface area contributed by atoms with E-state index in [1.54, 1.807) is 0 Å². The van der Waals surface area contributed by atoms with Crippen molar-refractivity contribution in [3.63, 3.8) is 0 Å². The Morgan fingerprint density at radius 3 is 3.06 bits per heavy atom. The molecular weight excluding hydrogens is 236 g/mol. The molecule has 0 aliphatic carbocycles. The molecule has 17 heavy (non-hydrogen) atoms. The van der Waals surface area contributed by atoms with Gasteiger partial charge < -0.3 is 10.6 Å². The lowest BCUT2D eigenvalue weighted by atomic mass is 9.94. The first-order chi connectivity index (χ1) is 8.18. The number of benzene rings is 1. The van der Waals surface area contributed by atoms with E-state index in [2.05, 4.69) is 23.3 Å². The third-order valence-electron chi connectivity index (χ3n) is 2.83. The van der Waals surface area contributed by atoms with Crippen LogP contribution in [0.2, 0.25) is 0 Å². The molecule has 0 saturated heterocycles. The number of carbonyl (C=O) groups is 1. The van der Waals surface area contributed by atoms with E-state index in [1.165, 1.54) is 5.56 Å². The van der Waals surface area contributed by atoms with E-state index in [1.807, 2.05) is 18.2 Å². The highest BCUT2D eigenvalue weighted by Gasteiger charge is 2.25. The smallest absolute Gasteiger partial charge is 0.242 e. The van der Waals surface area contributed by atoms with Gasteiger partial charge in [-0.1, -0.05) is 42.4 Å². The van der Waals surface area contributed by atoms with Gasteiger partial charge in [0, 0.05) is 11.6 Å². The van der Waals surface area contributed by atoms with Gasteiger partial charge in [0.25, 0.3) is 0 Å². The van der Waals surface area contributed by atoms with Crippen LogP contribution in [0.25, 0.3) is 0 Å². The summed E-state index contributed by atoms with van der Waals surface area (Å²) in [4.78, 5) is 12.0. The molecule has 3 nitrogen and oxygen atoms in total. The normalized spacial score (nSPS) is 18.3. The Labute approximate surface area is 106 Å². The molecule has 0 fully saturated rings. The number of hydrogen-bond acceptors (Lipinski definition) is 2. The van der Waals surface area contributed by atoms with E-state index in [-0.39, 0.29) is 11.9 Å². The average molecular weight is 251 g/mol. The Hall–Kier alpha value is -1.32. The van der Waals surface area contributed by atoms with Gasteiger partial charge in [-0.2, -0.15) is 0 Å². The van der Waals surface area contributed by atoms with Gasteiger partial charge in [0.2, 0.25) is 5.91 Å². The van der Waals surface area contributed by atoms with Gasteiger partial charge in [-0.3, -0.25) is 4.79 Å². The fourth-order valence-corrected chi connectivity index (χ4v) is 2.09. The van der Waals surface area contributed by atoms with E-state index in [4.69, 9.17) is 11.6 Å². The average Bonchev–Trinajstić information content (AvgIpc) is 2.35. The van der Waals surface area contributed by atoms with Crippen LogP contribution in [0.5, 0.6) is 0 Å². The number of carbonyl (C=O) groups excluding carboxylic acids is 1. The molecule has 2 rings (SSSR count). The first-order valence-electron chi connectivity index (χ1n) is 5.60. The molecule has 1 amide bonds. The SMILES string of the molecule is C=C(Cl)CNC(=O)C1NCCc2ccccc21. The van der Waals surface area contributed by atoms with Crippen molar-refractivity contribution in [3.05, 3.63) is 47.0 Å². The highest BCUT2D eigenvalue weighted by molar-refractivity contribution is 6.29. The molecule has 2 N–H and O–H groups in total. The minimum absolute atomic E-state index is 0.0565. The minimum Gasteiger partial charge on any atom is -0.349 e. The van der Waals surface area contributed by atoms with Gasteiger partial charge in [-0.25, -0.2) is 0 Å². The zero-order valence-corrected chi connectivity index (χ0v) is 10.3. The summed E-state index contributed by atoms with van der Waals surface area (Å²) in [7, 11) is 0. The lowest BCUT2D eigenvalue weighted by molar-refractivity contribution is -0.123. The van der Waals surface area contributed by atoms with E-state index >= 15 is 0 Å². The first-order valence-corrected chi connectivity index (χ1v) is 5.98. The molecule has 1 unspecified atom stereocenters. The van der Waals surface area contributed by atoms with Crippen molar-refractivity contribution < 1.29 is 4.79 Å². The van der Waals surface area contributed by atoms with Crippen LogP contribution in [0.1, 0.15) is 17.2 Å². The molecule has 1 aromatic carbocycles. The van der Waals surface area contributed by atoms with Crippen molar-refractivity contribution in [2.45, 2.75) is 12.5 Å². The lowest BCUT2D eigenvalue weighted by Crippen LogP contribution is -2.41. The maximum absolute atomic E-state index is 12.0. The van der Waals surface area contributed by atoms with E-state index in [0.29, 0.717) is 11.6 Å². The predicted molar refractivity (Wildman–Crippen MR) is 68.9 cm³/mol. The molecule has 1 aromatic rings. The fraction of sp³-hybridized carbons (Fsp3) is 0.308. The van der Waals surface area contributed by atoms with Gasteiger partial charge in [0.05, 0.1) is 6.54 Å². The van der Waals surface area contributed by atoms with Crippen LogP contribution in [0.4, 0.5) is 0 Å². The molecule has 0 radical (unpaired) electrons. The molecule has 4 heteroatoms. The second kappa shape index (κ2) is 5.34. The molecule has 1 heterocycles. The summed E-state index contributed by atoms with van der Waals surface area (Å²) in [5.74, 6) is -0.0565. The monoisotopic (exact) mass is 250 g/mol. The zero-order chi connectivity index (χ0) is 12.3. The van der Waals surface area contributed by atoms with Crippen molar-refractivity contribution in [2.24, 2.45) is 0 Å². The largest absolute Gasteiger partial charge is 0.349 e. The van der Waals surface area contributed by atoms with Crippen molar-refractivity contribution in [3.8, 4) is 0 Å². The Morgan fingerprint density at radius 2 is 2.29 bits per heavy atom. The summed E-state index contributed by atoms with van der Waals surface area (Å²) in [5, 5.41) is 6.41. The molecule has 0 spiro atoms. The molecule has 0 saturated carbocycles. The van der Waals surface area contributed by atoms with Crippen molar-refractivity contribution in [2.75, 3.05) is 13.1 Å². The number of halogens is 1. The summed E-state index contributed by atoms with van der Waals surface area (Å²) in [6, 6.07) is 7.72. The van der Waals surface area contributed by atoms with Crippen LogP contribution in [0.15, 0.2) is 35.9 Å². The number of amides is 1. The third kappa shape index (κ3) is 2.87. The van der Waals surface area contributed by atoms with Crippen LogP contribution < -0.4 is 10.6 Å². The topological polar surface area (TPSA) is 41.1 Å². The van der Waals surface area contributed by atoms with Crippen LogP contribution in [0, 0.1) is 0 Å². The van der Waals surface area contributed by atoms with Crippen LogP contribution >= 0.6 is 11.6 Å². The summed E-state index contributed by atoms with van der Waals surface area (Å²) in [6.45, 7) is 4.67. The van der Waals surface area contributed by atoms with Gasteiger partial charge >= 0.3 is 0 Å². The number of rotatable bonds is 3. The lowest BCUT2D eigenvalue weighted by Gasteiger charge is -2.25. The Bertz CT molecular complexity index is 445. The van der Waals surface area contributed by atoms with Gasteiger partial charge in [0.15, 0.2) is 0 Å². The predicted octanol–water partition coefficient (Wildman–Crippen LogP) is 1.74. The summed E-state index contributed by atoms with van der Waals surface area (Å²) in [5.41, 5.74) is 2.28. The number of hydrogen-bond donors (Lipinski definition) is 2. The molecule has 90 valence electrons. The second-order valence-corrected chi connectivity index (χ2v) is 4.61. The minimum atomic E-state index is -0.282. The van der Waals surface area contributed by atoms with Gasteiger partial charge in [0.1, 0.15) is 6.04 Å². The van der Waals surface area contributed by atoms with E-state index < -0.39 is 0 Å². The quantitative estimate of drug-likeness (QED) is 0.858. The third-order valence-corrected chi connectivity index (χ3v) is 2.96. The maximum atomic E-state index is 12.0.